The van der Waals surface area contributed by atoms with Crippen LogP contribution in [-0.4, -0.2) is 73.2 Å². The number of benzene rings is 2. The molecule has 1 unspecified atom stereocenters. The van der Waals surface area contributed by atoms with Gasteiger partial charge in [0.05, 0.1) is 32.3 Å². The van der Waals surface area contributed by atoms with E-state index in [2.05, 4.69) is 21.3 Å². The number of hydrogen-bond acceptors (Lipinski definition) is 7. The molecule has 1 aliphatic heterocycles. The van der Waals surface area contributed by atoms with Crippen LogP contribution in [0.25, 0.3) is 0 Å². The minimum absolute atomic E-state index is 0.0566. The van der Waals surface area contributed by atoms with Gasteiger partial charge in [0.25, 0.3) is 0 Å². The van der Waals surface area contributed by atoms with Crippen LogP contribution in [0.1, 0.15) is 103 Å². The largest absolute Gasteiger partial charge is 0.493 e. The van der Waals surface area contributed by atoms with Gasteiger partial charge in [0.1, 0.15) is 12.1 Å². The number of rotatable bonds is 19. The summed E-state index contributed by atoms with van der Waals surface area (Å²) in [7, 11) is 1.57. The van der Waals surface area contributed by atoms with Crippen molar-refractivity contribution in [3.63, 3.8) is 0 Å². The number of nitrogens with one attached hydrogen (secondary N) is 4. The highest BCUT2D eigenvalue weighted by atomic mass is 16.5. The van der Waals surface area contributed by atoms with E-state index in [1.54, 1.807) is 7.11 Å². The van der Waals surface area contributed by atoms with Gasteiger partial charge >= 0.3 is 0 Å². The van der Waals surface area contributed by atoms with Crippen LogP contribution in [-0.2, 0) is 25.6 Å². The molecule has 0 radical (unpaired) electrons. The predicted molar refractivity (Wildman–Crippen MR) is 201 cm³/mol. The maximum absolute atomic E-state index is 14.1. The first-order valence-electron chi connectivity index (χ1n) is 19.1. The monoisotopic (exact) mass is 720 g/mol. The second-order valence-electron chi connectivity index (χ2n) is 15.4. The zero-order valence-electron chi connectivity index (χ0n) is 31.6. The van der Waals surface area contributed by atoms with Crippen molar-refractivity contribution in [1.29, 1.82) is 0 Å². The van der Waals surface area contributed by atoms with Gasteiger partial charge in [-0.3, -0.25) is 19.2 Å². The number of methoxy groups -OCH3 is 1. The number of ether oxygens (including phenoxy) is 2. The molecule has 11 heteroatoms. The van der Waals surface area contributed by atoms with Gasteiger partial charge in [-0.25, -0.2) is 0 Å². The van der Waals surface area contributed by atoms with Crippen LogP contribution in [0, 0.1) is 17.8 Å². The zero-order chi connectivity index (χ0) is 37.6. The average molecular weight is 721 g/mol. The van der Waals surface area contributed by atoms with Gasteiger partial charge in [0.2, 0.25) is 23.6 Å². The predicted octanol–water partition coefficient (Wildman–Crippen LogP) is 4.80. The van der Waals surface area contributed by atoms with Crippen molar-refractivity contribution in [3.05, 3.63) is 59.7 Å². The van der Waals surface area contributed by atoms with Crippen LogP contribution in [0.4, 0.5) is 0 Å². The van der Waals surface area contributed by atoms with Crippen molar-refractivity contribution in [2.24, 2.45) is 17.8 Å². The van der Waals surface area contributed by atoms with E-state index in [1.807, 2.05) is 76.2 Å². The van der Waals surface area contributed by atoms with Crippen molar-refractivity contribution >= 4 is 23.6 Å². The van der Waals surface area contributed by atoms with Crippen LogP contribution < -0.4 is 30.7 Å². The summed E-state index contributed by atoms with van der Waals surface area (Å²) in [5, 5.41) is 23.1. The van der Waals surface area contributed by atoms with Gasteiger partial charge in [0, 0.05) is 30.9 Å². The number of carbonyl (C=O) groups excluding carboxylic acids is 4. The first kappa shape index (κ1) is 40.6. The summed E-state index contributed by atoms with van der Waals surface area (Å²) in [6, 6.07) is 12.5. The summed E-state index contributed by atoms with van der Waals surface area (Å²) in [6.45, 7) is 8.78. The fourth-order valence-corrected chi connectivity index (χ4v) is 7.22. The standard InChI is InChI=1S/C41H60N4O7/c1-26(2)19-33(40(49)44-32(20-28-13-8-6-9-14-28)35(46)23-37(47)42-24-27(3)4)45-41(50)34(21-29-15-10-7-11-16-29)43-38(48)22-30-25-52-39-31(30)17-12-18-36(39)51-5/h7,10-12,15-18,26-28,30,32-35,46H,6,8-9,13-14,19-25H2,1-5H3,(H,42,47)(H,43,48)(H,44,49)(H,45,50)/t30?,32-,33-,34-,35-/m0/s1. The average Bonchev–Trinajstić information content (AvgIpc) is 3.53. The molecular weight excluding hydrogens is 660 g/mol. The highest BCUT2D eigenvalue weighted by molar-refractivity contribution is 5.92. The summed E-state index contributed by atoms with van der Waals surface area (Å²) in [6.07, 6.45) is 5.44. The minimum atomic E-state index is -1.08. The number of carbonyl (C=O) groups is 4. The Balaban J connectivity index is 1.48. The Hall–Kier alpha value is -4.12. The van der Waals surface area contributed by atoms with Crippen LogP contribution in [0.15, 0.2) is 48.5 Å². The third-order valence-electron chi connectivity index (χ3n) is 10.0. The van der Waals surface area contributed by atoms with Crippen LogP contribution in [0.2, 0.25) is 0 Å². The van der Waals surface area contributed by atoms with Gasteiger partial charge in [-0.1, -0.05) is 102 Å². The van der Waals surface area contributed by atoms with Crippen molar-refractivity contribution < 1.29 is 33.8 Å². The van der Waals surface area contributed by atoms with Crippen molar-refractivity contribution in [2.75, 3.05) is 20.3 Å². The van der Waals surface area contributed by atoms with E-state index in [9.17, 15) is 24.3 Å². The highest BCUT2D eigenvalue weighted by Crippen LogP contribution is 2.42. The number of para-hydroxylation sites is 1. The van der Waals surface area contributed by atoms with E-state index in [1.165, 1.54) is 6.42 Å². The molecule has 0 saturated heterocycles. The molecule has 2 aromatic rings. The Morgan fingerprint density at radius 2 is 1.56 bits per heavy atom. The highest BCUT2D eigenvalue weighted by Gasteiger charge is 2.34. The molecule has 4 amide bonds. The number of fused-ring (bicyclic) bond motifs is 1. The Morgan fingerprint density at radius 1 is 0.846 bits per heavy atom. The van der Waals surface area contributed by atoms with E-state index in [4.69, 9.17) is 9.47 Å². The quantitative estimate of drug-likeness (QED) is 0.140. The Kier molecular flexibility index (Phi) is 15.8. The van der Waals surface area contributed by atoms with Crippen LogP contribution >= 0.6 is 0 Å². The zero-order valence-corrected chi connectivity index (χ0v) is 31.6. The molecule has 2 aromatic carbocycles. The molecule has 52 heavy (non-hydrogen) atoms. The molecular formula is C41H60N4O7. The lowest BCUT2D eigenvalue weighted by molar-refractivity contribution is -0.133. The fourth-order valence-electron chi connectivity index (χ4n) is 7.22. The number of hydrogen-bond donors (Lipinski definition) is 5. The smallest absolute Gasteiger partial charge is 0.243 e. The normalized spacial score (nSPS) is 18.0. The molecule has 1 fully saturated rings. The molecule has 5 atom stereocenters. The lowest BCUT2D eigenvalue weighted by Gasteiger charge is -2.32. The molecule has 286 valence electrons. The number of amides is 4. The third-order valence-corrected chi connectivity index (χ3v) is 10.0. The lowest BCUT2D eigenvalue weighted by atomic mass is 9.83. The molecule has 5 N–H and O–H groups in total. The molecule has 1 heterocycles. The molecule has 1 saturated carbocycles. The summed E-state index contributed by atoms with van der Waals surface area (Å²) >= 11 is 0. The summed E-state index contributed by atoms with van der Waals surface area (Å²) in [4.78, 5) is 54.3. The van der Waals surface area contributed by atoms with Crippen molar-refractivity contribution in [1.82, 2.24) is 21.3 Å². The first-order valence-corrected chi connectivity index (χ1v) is 19.1. The van der Waals surface area contributed by atoms with E-state index < -0.39 is 36.0 Å². The van der Waals surface area contributed by atoms with Crippen LogP contribution in [0.3, 0.4) is 0 Å². The van der Waals surface area contributed by atoms with Gasteiger partial charge in [-0.15, -0.1) is 0 Å². The molecule has 11 nitrogen and oxygen atoms in total. The van der Waals surface area contributed by atoms with E-state index >= 15 is 0 Å². The summed E-state index contributed by atoms with van der Waals surface area (Å²) in [5.74, 6) is 0.237. The minimum Gasteiger partial charge on any atom is -0.493 e. The molecule has 0 spiro atoms. The first-order chi connectivity index (χ1) is 24.9. The second-order valence-corrected chi connectivity index (χ2v) is 15.4. The second kappa shape index (κ2) is 20.2. The lowest BCUT2D eigenvalue weighted by Crippen LogP contribution is -2.57. The summed E-state index contributed by atoms with van der Waals surface area (Å²) < 4.78 is 11.3. The summed E-state index contributed by atoms with van der Waals surface area (Å²) in [5.41, 5.74) is 1.74. The van der Waals surface area contributed by atoms with Gasteiger partial charge in [0.15, 0.2) is 11.5 Å². The molecule has 0 bridgehead atoms. The third kappa shape index (κ3) is 12.5. The Labute approximate surface area is 309 Å². The Morgan fingerprint density at radius 3 is 2.23 bits per heavy atom. The SMILES string of the molecule is COc1cccc2c1OCC2CC(=O)N[C@@H](Cc1ccccc1)C(=O)N[C@@H](CC(C)C)C(=O)N[C@@H](CC1CCCCC1)[C@@H](O)CC(=O)NCC(C)C. The van der Waals surface area contributed by atoms with E-state index in [0.717, 1.165) is 36.8 Å². The van der Waals surface area contributed by atoms with Crippen molar-refractivity contribution in [2.45, 2.75) is 122 Å². The van der Waals surface area contributed by atoms with Gasteiger partial charge < -0.3 is 35.8 Å². The fraction of sp³-hybridized carbons (Fsp3) is 0.610. The molecule has 2 aliphatic rings. The van der Waals surface area contributed by atoms with Crippen LogP contribution in [0.5, 0.6) is 11.5 Å². The molecule has 4 rings (SSSR count). The van der Waals surface area contributed by atoms with Gasteiger partial charge in [-0.05, 0) is 42.2 Å². The Bertz CT molecular complexity index is 1460. The number of aliphatic hydroxyl groups excluding tert-OH is 1. The molecule has 1 aliphatic carbocycles. The number of aliphatic hydroxyl groups is 1. The molecule has 0 aromatic heterocycles. The topological polar surface area (TPSA) is 155 Å². The van der Waals surface area contributed by atoms with E-state index in [-0.39, 0.29) is 48.8 Å². The van der Waals surface area contributed by atoms with Gasteiger partial charge in [-0.2, -0.15) is 0 Å². The maximum atomic E-state index is 14.1. The van der Waals surface area contributed by atoms with E-state index in [0.29, 0.717) is 43.4 Å². The van der Waals surface area contributed by atoms with Crippen molar-refractivity contribution in [3.8, 4) is 11.5 Å². The maximum Gasteiger partial charge on any atom is 0.243 e.